The van der Waals surface area contributed by atoms with Crippen molar-refractivity contribution in [2.24, 2.45) is 5.73 Å². The highest BCUT2D eigenvalue weighted by atomic mass is 16.3. The highest BCUT2D eigenvalue weighted by Crippen LogP contribution is 2.16. The fourth-order valence-electron chi connectivity index (χ4n) is 3.04. The summed E-state index contributed by atoms with van der Waals surface area (Å²) in [5.74, 6) is -1.99. The van der Waals surface area contributed by atoms with E-state index in [0.29, 0.717) is 11.1 Å². The second-order valence-corrected chi connectivity index (χ2v) is 7.10. The number of hydrogen-bond acceptors (Lipinski definition) is 6. The van der Waals surface area contributed by atoms with Crippen LogP contribution < -0.4 is 16.4 Å². The third-order valence-electron chi connectivity index (χ3n) is 4.79. The molecule has 0 saturated heterocycles. The van der Waals surface area contributed by atoms with Crippen molar-refractivity contribution in [1.29, 1.82) is 0 Å². The molecule has 2 atom stereocenters. The van der Waals surface area contributed by atoms with E-state index in [1.54, 1.807) is 30.3 Å². The van der Waals surface area contributed by atoms with E-state index in [0.717, 1.165) is 10.8 Å². The third kappa shape index (κ3) is 5.65. The average Bonchev–Trinajstić information content (AvgIpc) is 2.78. The number of benzene rings is 3. The highest BCUT2D eigenvalue weighted by Gasteiger charge is 2.25. The Morgan fingerprint density at radius 1 is 0.903 bits per heavy atom. The maximum absolute atomic E-state index is 12.8. The van der Waals surface area contributed by atoms with Crippen LogP contribution in [0, 0.1) is 0 Å². The van der Waals surface area contributed by atoms with Gasteiger partial charge < -0.3 is 21.3 Å². The first-order valence-corrected chi connectivity index (χ1v) is 9.66. The molecule has 0 saturated carbocycles. The lowest BCUT2D eigenvalue weighted by molar-refractivity contribution is -0.129. The van der Waals surface area contributed by atoms with E-state index in [9.17, 15) is 19.5 Å². The number of aliphatic hydroxyl groups is 1. The maximum Gasteiger partial charge on any atom is 0.257 e. The molecular formula is C23H23N3O5. The molecule has 3 aromatic carbocycles. The summed E-state index contributed by atoms with van der Waals surface area (Å²) >= 11 is 0. The summed E-state index contributed by atoms with van der Waals surface area (Å²) < 4.78 is 0. The Kier molecular flexibility index (Phi) is 6.96. The summed E-state index contributed by atoms with van der Waals surface area (Å²) in [6.45, 7) is -0.588. The Hall–Kier alpha value is -3.75. The van der Waals surface area contributed by atoms with Crippen LogP contribution in [0.25, 0.3) is 10.8 Å². The van der Waals surface area contributed by atoms with E-state index in [1.807, 2.05) is 24.3 Å². The number of rotatable bonds is 7. The van der Waals surface area contributed by atoms with Crippen molar-refractivity contribution in [3.8, 4) is 5.75 Å². The Balaban J connectivity index is 1.77. The Morgan fingerprint density at radius 2 is 1.58 bits per heavy atom. The third-order valence-corrected chi connectivity index (χ3v) is 4.79. The zero-order chi connectivity index (χ0) is 22.4. The Bertz CT molecular complexity index is 1100. The number of aromatic hydroxyl groups is 1. The van der Waals surface area contributed by atoms with E-state index in [2.05, 4.69) is 10.6 Å². The number of aliphatic hydroxyl groups excluding tert-OH is 1. The second kappa shape index (κ2) is 9.84. The molecule has 3 rings (SSSR count). The lowest BCUT2D eigenvalue weighted by Gasteiger charge is -2.20. The molecule has 0 heterocycles. The van der Waals surface area contributed by atoms with Crippen LogP contribution in [0.5, 0.6) is 5.75 Å². The number of nitrogens with two attached hydrogens (primary N) is 1. The molecule has 0 radical (unpaired) electrons. The molecule has 160 valence electrons. The molecule has 0 spiro atoms. The van der Waals surface area contributed by atoms with Crippen LogP contribution in [-0.4, -0.2) is 46.6 Å². The molecule has 6 N–H and O–H groups in total. The SMILES string of the molecule is N[C@@H](CO)C(=O)N[C@@H](Cc1ccc(O)cc1)C(=O)NC(=O)c1ccc2ccccc2c1. The molecule has 0 aliphatic carbocycles. The van der Waals surface area contributed by atoms with Gasteiger partial charge in [-0.25, -0.2) is 0 Å². The van der Waals surface area contributed by atoms with Crippen LogP contribution in [-0.2, 0) is 16.0 Å². The minimum atomic E-state index is -1.20. The van der Waals surface area contributed by atoms with E-state index >= 15 is 0 Å². The van der Waals surface area contributed by atoms with E-state index in [1.165, 1.54) is 12.1 Å². The number of nitrogens with one attached hydrogen (secondary N) is 2. The number of phenols is 1. The minimum Gasteiger partial charge on any atom is -0.508 e. The van der Waals surface area contributed by atoms with E-state index < -0.39 is 36.4 Å². The fraction of sp³-hybridized carbons (Fsp3) is 0.174. The fourth-order valence-corrected chi connectivity index (χ4v) is 3.04. The Morgan fingerprint density at radius 3 is 2.26 bits per heavy atom. The topological polar surface area (TPSA) is 142 Å². The van der Waals surface area contributed by atoms with Gasteiger partial charge in [0.15, 0.2) is 0 Å². The first-order chi connectivity index (χ1) is 14.9. The van der Waals surface area contributed by atoms with Gasteiger partial charge in [0.2, 0.25) is 11.8 Å². The summed E-state index contributed by atoms with van der Waals surface area (Å²) in [7, 11) is 0. The molecule has 8 nitrogen and oxygen atoms in total. The predicted molar refractivity (Wildman–Crippen MR) is 115 cm³/mol. The van der Waals surface area contributed by atoms with E-state index in [4.69, 9.17) is 10.8 Å². The van der Waals surface area contributed by atoms with Crippen molar-refractivity contribution in [3.63, 3.8) is 0 Å². The number of imide groups is 1. The molecule has 8 heteroatoms. The summed E-state index contributed by atoms with van der Waals surface area (Å²) in [6.07, 6.45) is 0.0565. The molecule has 0 fully saturated rings. The molecule has 3 aromatic rings. The van der Waals surface area contributed by atoms with Crippen molar-refractivity contribution < 1.29 is 24.6 Å². The van der Waals surface area contributed by atoms with Gasteiger partial charge in [-0.1, -0.05) is 42.5 Å². The quantitative estimate of drug-likeness (QED) is 0.383. The normalized spacial score (nSPS) is 12.7. The summed E-state index contributed by atoms with van der Waals surface area (Å²) in [4.78, 5) is 37.6. The van der Waals surface area contributed by atoms with Crippen LogP contribution in [0.2, 0.25) is 0 Å². The minimum absolute atomic E-state index is 0.0565. The highest BCUT2D eigenvalue weighted by molar-refractivity contribution is 6.08. The average molecular weight is 421 g/mol. The molecule has 0 aliphatic rings. The number of hydrogen-bond donors (Lipinski definition) is 5. The zero-order valence-corrected chi connectivity index (χ0v) is 16.6. The van der Waals surface area contributed by atoms with Crippen molar-refractivity contribution in [2.75, 3.05) is 6.61 Å². The molecule has 3 amide bonds. The molecule has 0 aromatic heterocycles. The van der Waals surface area contributed by atoms with Gasteiger partial charge >= 0.3 is 0 Å². The standard InChI is InChI=1S/C23H23N3O5/c24-19(13-27)22(30)25-20(11-14-5-9-18(28)10-6-14)23(31)26-21(29)17-8-7-15-3-1-2-4-16(15)12-17/h1-10,12,19-20,27-28H,11,13,24H2,(H,25,30)(H,26,29,31)/t19-,20-/m0/s1. The molecule has 0 aliphatic heterocycles. The lowest BCUT2D eigenvalue weighted by Crippen LogP contribution is -2.54. The first kappa shape index (κ1) is 21.9. The van der Waals surface area contributed by atoms with Crippen LogP contribution in [0.4, 0.5) is 0 Å². The van der Waals surface area contributed by atoms with Crippen LogP contribution in [0.1, 0.15) is 15.9 Å². The number of carbonyl (C=O) groups is 3. The summed E-state index contributed by atoms with van der Waals surface area (Å²) in [5, 5.41) is 25.1. The van der Waals surface area contributed by atoms with Crippen molar-refractivity contribution in [3.05, 3.63) is 77.9 Å². The number of phenolic OH excluding ortho intramolecular Hbond substituents is 1. The van der Waals surface area contributed by atoms with Crippen molar-refractivity contribution in [2.45, 2.75) is 18.5 Å². The van der Waals surface area contributed by atoms with Crippen LogP contribution in [0.15, 0.2) is 66.7 Å². The van der Waals surface area contributed by atoms with Crippen molar-refractivity contribution >= 4 is 28.5 Å². The molecule has 0 bridgehead atoms. The second-order valence-electron chi connectivity index (χ2n) is 7.10. The lowest BCUT2D eigenvalue weighted by atomic mass is 10.0. The van der Waals surface area contributed by atoms with Gasteiger partial charge in [0.05, 0.1) is 6.61 Å². The van der Waals surface area contributed by atoms with E-state index in [-0.39, 0.29) is 12.2 Å². The van der Waals surface area contributed by atoms with Gasteiger partial charge in [0, 0.05) is 12.0 Å². The molecule has 31 heavy (non-hydrogen) atoms. The Labute approximate surface area is 178 Å². The largest absolute Gasteiger partial charge is 0.508 e. The van der Waals surface area contributed by atoms with Gasteiger partial charge in [0.25, 0.3) is 5.91 Å². The van der Waals surface area contributed by atoms with Crippen molar-refractivity contribution in [1.82, 2.24) is 10.6 Å². The summed E-state index contributed by atoms with van der Waals surface area (Å²) in [5.41, 5.74) is 6.48. The molecular weight excluding hydrogens is 398 g/mol. The monoisotopic (exact) mass is 421 g/mol. The molecule has 0 unspecified atom stereocenters. The van der Waals surface area contributed by atoms with Gasteiger partial charge in [-0.3, -0.25) is 19.7 Å². The van der Waals surface area contributed by atoms with Crippen LogP contribution in [0.3, 0.4) is 0 Å². The first-order valence-electron chi connectivity index (χ1n) is 9.66. The van der Waals surface area contributed by atoms with Gasteiger partial charge in [-0.15, -0.1) is 0 Å². The number of amides is 3. The summed E-state index contributed by atoms with van der Waals surface area (Å²) in [6, 6.07) is 16.4. The van der Waals surface area contributed by atoms with Crippen LogP contribution >= 0.6 is 0 Å². The predicted octanol–water partition coefficient (Wildman–Crippen LogP) is 0.849. The van der Waals surface area contributed by atoms with Gasteiger partial charge in [0.1, 0.15) is 17.8 Å². The number of carbonyl (C=O) groups excluding carboxylic acids is 3. The van der Waals surface area contributed by atoms with Gasteiger partial charge in [-0.2, -0.15) is 0 Å². The smallest absolute Gasteiger partial charge is 0.257 e. The number of fused-ring (bicyclic) bond motifs is 1. The zero-order valence-electron chi connectivity index (χ0n) is 16.6. The van der Waals surface area contributed by atoms with Gasteiger partial charge in [-0.05, 0) is 40.6 Å². The maximum atomic E-state index is 12.8.